The van der Waals surface area contributed by atoms with Crippen molar-refractivity contribution in [1.29, 1.82) is 0 Å². The van der Waals surface area contributed by atoms with Crippen molar-refractivity contribution in [3.63, 3.8) is 0 Å². The number of alkyl halides is 3. The normalized spacial score (nSPS) is 17.4. The van der Waals surface area contributed by atoms with Gasteiger partial charge >= 0.3 is 6.36 Å². The number of hydrogen-bond donors (Lipinski definition) is 3. The first-order valence-corrected chi connectivity index (χ1v) is 6.75. The average Bonchev–Trinajstić information content (AvgIpc) is 2.87. The minimum atomic E-state index is -4.76. The van der Waals surface area contributed by atoms with Crippen LogP contribution in [0.4, 0.5) is 18.9 Å². The number of aliphatic hydroxyl groups excluding tert-OH is 1. The third-order valence-corrected chi connectivity index (χ3v) is 3.41. The highest BCUT2D eigenvalue weighted by atomic mass is 19.4. The van der Waals surface area contributed by atoms with Crippen LogP contribution in [0.1, 0.15) is 5.56 Å². The third-order valence-electron chi connectivity index (χ3n) is 3.41. The van der Waals surface area contributed by atoms with E-state index in [4.69, 9.17) is 5.11 Å². The standard InChI is InChI=1S/C14H14F3N3O2/c15-14(16,17)22-10-3-1-2-9-12-8(7-19-13(9)10)6-11(20-12)18-4-5-21/h1-3,7,11,18,20-21H,4-6H2. The summed E-state index contributed by atoms with van der Waals surface area (Å²) in [7, 11) is 0. The smallest absolute Gasteiger partial charge is 0.403 e. The van der Waals surface area contributed by atoms with E-state index >= 15 is 0 Å². The van der Waals surface area contributed by atoms with Crippen LogP contribution in [0.5, 0.6) is 5.75 Å². The summed E-state index contributed by atoms with van der Waals surface area (Å²) in [4.78, 5) is 4.11. The van der Waals surface area contributed by atoms with E-state index in [1.807, 2.05) is 0 Å². The van der Waals surface area contributed by atoms with Crippen molar-refractivity contribution in [3.8, 4) is 5.75 Å². The number of nitrogens with one attached hydrogen (secondary N) is 2. The summed E-state index contributed by atoms with van der Waals surface area (Å²) >= 11 is 0. The molecule has 1 atom stereocenters. The Morgan fingerprint density at radius 2 is 2.23 bits per heavy atom. The van der Waals surface area contributed by atoms with Gasteiger partial charge in [-0.2, -0.15) is 0 Å². The number of benzene rings is 1. The molecule has 1 unspecified atom stereocenters. The quantitative estimate of drug-likeness (QED) is 0.806. The zero-order valence-corrected chi connectivity index (χ0v) is 11.4. The molecule has 1 aliphatic rings. The number of aromatic nitrogens is 1. The second kappa shape index (κ2) is 5.62. The fraction of sp³-hybridized carbons (Fsp3) is 0.357. The number of halogens is 3. The van der Waals surface area contributed by atoms with E-state index < -0.39 is 6.36 Å². The molecule has 0 bridgehead atoms. The monoisotopic (exact) mass is 313 g/mol. The first-order valence-electron chi connectivity index (χ1n) is 6.75. The van der Waals surface area contributed by atoms with Gasteiger partial charge in [-0.1, -0.05) is 12.1 Å². The first-order chi connectivity index (χ1) is 10.5. The van der Waals surface area contributed by atoms with Gasteiger partial charge in [0.05, 0.1) is 12.8 Å². The Balaban J connectivity index is 1.96. The molecule has 0 saturated carbocycles. The lowest BCUT2D eigenvalue weighted by molar-refractivity contribution is -0.274. The minimum Gasteiger partial charge on any atom is -0.403 e. The number of fused-ring (bicyclic) bond motifs is 3. The van der Waals surface area contributed by atoms with Crippen LogP contribution in [-0.4, -0.2) is 35.8 Å². The predicted molar refractivity (Wildman–Crippen MR) is 74.6 cm³/mol. The van der Waals surface area contributed by atoms with Crippen LogP contribution >= 0.6 is 0 Å². The SMILES string of the molecule is OCCNC1Cc2cnc3c(OC(F)(F)F)cccc3c2N1. The maximum absolute atomic E-state index is 12.4. The second-order valence-electron chi connectivity index (χ2n) is 4.94. The number of para-hydroxylation sites is 1. The van der Waals surface area contributed by atoms with Crippen LogP contribution in [0.2, 0.25) is 0 Å². The maximum atomic E-state index is 12.4. The molecule has 0 aliphatic carbocycles. The van der Waals surface area contributed by atoms with Gasteiger partial charge in [-0.3, -0.25) is 10.3 Å². The van der Waals surface area contributed by atoms with Crippen molar-refractivity contribution in [1.82, 2.24) is 10.3 Å². The molecule has 1 aromatic heterocycles. The third kappa shape index (κ3) is 2.93. The van der Waals surface area contributed by atoms with Gasteiger partial charge in [-0.15, -0.1) is 13.2 Å². The van der Waals surface area contributed by atoms with Crippen molar-refractivity contribution in [3.05, 3.63) is 30.0 Å². The van der Waals surface area contributed by atoms with Crippen LogP contribution in [0.15, 0.2) is 24.4 Å². The zero-order chi connectivity index (χ0) is 15.7. The van der Waals surface area contributed by atoms with Gasteiger partial charge in [0, 0.05) is 30.2 Å². The van der Waals surface area contributed by atoms with E-state index in [1.165, 1.54) is 12.1 Å². The molecule has 0 saturated heterocycles. The Labute approximate surface area is 124 Å². The summed E-state index contributed by atoms with van der Waals surface area (Å²) in [6.45, 7) is 0.441. The highest BCUT2D eigenvalue weighted by molar-refractivity contribution is 5.97. The molecule has 2 heterocycles. The molecule has 3 N–H and O–H groups in total. The van der Waals surface area contributed by atoms with Gasteiger partial charge in [-0.25, -0.2) is 0 Å². The van der Waals surface area contributed by atoms with Crippen LogP contribution < -0.4 is 15.4 Å². The van der Waals surface area contributed by atoms with E-state index in [0.717, 1.165) is 11.3 Å². The molecule has 1 aliphatic heterocycles. The van der Waals surface area contributed by atoms with Crippen molar-refractivity contribution >= 4 is 16.6 Å². The highest BCUT2D eigenvalue weighted by Gasteiger charge is 2.32. The Hall–Kier alpha value is -2.06. The van der Waals surface area contributed by atoms with E-state index in [2.05, 4.69) is 20.4 Å². The summed E-state index contributed by atoms with van der Waals surface area (Å²) in [5, 5.41) is 15.7. The highest BCUT2D eigenvalue weighted by Crippen LogP contribution is 2.37. The lowest BCUT2D eigenvalue weighted by Gasteiger charge is -2.14. The number of anilines is 1. The summed E-state index contributed by atoms with van der Waals surface area (Å²) < 4.78 is 41.4. The first kappa shape index (κ1) is 14.9. The summed E-state index contributed by atoms with van der Waals surface area (Å²) in [5.41, 5.74) is 1.81. The second-order valence-corrected chi connectivity index (χ2v) is 4.94. The predicted octanol–water partition coefficient (Wildman–Crippen LogP) is 2.01. The lowest BCUT2D eigenvalue weighted by Crippen LogP contribution is -2.36. The minimum absolute atomic E-state index is 0.0110. The van der Waals surface area contributed by atoms with Gasteiger partial charge in [0.15, 0.2) is 5.75 Å². The fourth-order valence-electron chi connectivity index (χ4n) is 2.58. The van der Waals surface area contributed by atoms with Gasteiger partial charge in [0.25, 0.3) is 0 Å². The van der Waals surface area contributed by atoms with E-state index in [1.54, 1.807) is 12.3 Å². The summed E-state index contributed by atoms with van der Waals surface area (Å²) in [6.07, 6.45) is -2.65. The van der Waals surface area contributed by atoms with Crippen LogP contribution in [0.25, 0.3) is 10.9 Å². The molecule has 0 spiro atoms. The number of nitrogens with zero attached hydrogens (tertiary/aromatic N) is 1. The topological polar surface area (TPSA) is 66.4 Å². The lowest BCUT2D eigenvalue weighted by atomic mass is 10.1. The maximum Gasteiger partial charge on any atom is 0.573 e. The molecule has 0 radical (unpaired) electrons. The van der Waals surface area contributed by atoms with Crippen LogP contribution in [0, 0.1) is 0 Å². The summed E-state index contributed by atoms with van der Waals surface area (Å²) in [5.74, 6) is -0.318. The van der Waals surface area contributed by atoms with Gasteiger partial charge in [-0.05, 0) is 11.6 Å². The number of hydrogen-bond acceptors (Lipinski definition) is 5. The van der Waals surface area contributed by atoms with Crippen molar-refractivity contribution in [2.45, 2.75) is 18.9 Å². The molecule has 0 fully saturated rings. The van der Waals surface area contributed by atoms with E-state index in [9.17, 15) is 13.2 Å². The fourth-order valence-corrected chi connectivity index (χ4v) is 2.58. The van der Waals surface area contributed by atoms with Crippen LogP contribution in [0.3, 0.4) is 0 Å². The molecular weight excluding hydrogens is 299 g/mol. The molecule has 0 amide bonds. The number of rotatable bonds is 4. The van der Waals surface area contributed by atoms with Crippen molar-refractivity contribution in [2.75, 3.05) is 18.5 Å². The van der Waals surface area contributed by atoms with E-state index in [0.29, 0.717) is 18.4 Å². The Morgan fingerprint density at radius 1 is 1.41 bits per heavy atom. The van der Waals surface area contributed by atoms with Gasteiger partial charge in [0.1, 0.15) is 5.52 Å². The summed E-state index contributed by atoms with van der Waals surface area (Å²) in [6, 6.07) is 4.44. The largest absolute Gasteiger partial charge is 0.573 e. The number of pyridine rings is 1. The van der Waals surface area contributed by atoms with Gasteiger partial charge in [0.2, 0.25) is 0 Å². The Morgan fingerprint density at radius 3 is 2.95 bits per heavy atom. The van der Waals surface area contributed by atoms with E-state index in [-0.39, 0.29) is 24.0 Å². The molecule has 22 heavy (non-hydrogen) atoms. The molecule has 3 rings (SSSR count). The van der Waals surface area contributed by atoms with Crippen molar-refractivity contribution in [2.24, 2.45) is 0 Å². The molecule has 8 heteroatoms. The molecule has 118 valence electrons. The Kier molecular flexibility index (Phi) is 3.79. The zero-order valence-electron chi connectivity index (χ0n) is 11.4. The van der Waals surface area contributed by atoms with Gasteiger partial charge < -0.3 is 15.2 Å². The van der Waals surface area contributed by atoms with Crippen molar-refractivity contribution < 1.29 is 23.0 Å². The molecule has 1 aromatic carbocycles. The molecule has 2 aromatic rings. The Bertz CT molecular complexity index is 691. The number of ether oxygens (including phenoxy) is 1. The molecular formula is C14H14F3N3O2. The average molecular weight is 313 g/mol. The molecule has 5 nitrogen and oxygen atoms in total. The van der Waals surface area contributed by atoms with Crippen LogP contribution in [-0.2, 0) is 6.42 Å². The number of aliphatic hydroxyl groups is 1.